The summed E-state index contributed by atoms with van der Waals surface area (Å²) in [7, 11) is 0. The summed E-state index contributed by atoms with van der Waals surface area (Å²) in [6.07, 6.45) is 1.61. The average molecular weight is 366 g/mol. The van der Waals surface area contributed by atoms with Crippen LogP contribution in [0.15, 0.2) is 62.8 Å². The summed E-state index contributed by atoms with van der Waals surface area (Å²) in [5.41, 5.74) is 3.13. The maximum Gasteiger partial charge on any atom is 0.202 e. The monoisotopic (exact) mass is 366 g/mol. The first kappa shape index (κ1) is 16.7. The van der Waals surface area contributed by atoms with Gasteiger partial charge in [-0.05, 0) is 31.5 Å². The van der Waals surface area contributed by atoms with Gasteiger partial charge in [-0.15, -0.1) is 10.2 Å². The van der Waals surface area contributed by atoms with Crippen LogP contribution in [0.4, 0.5) is 0 Å². The summed E-state index contributed by atoms with van der Waals surface area (Å²) in [6, 6.07) is 13.8. The van der Waals surface area contributed by atoms with Crippen molar-refractivity contribution in [2.24, 2.45) is 0 Å². The Bertz CT molecular complexity index is 1000. The molecule has 3 heterocycles. The highest BCUT2D eigenvalue weighted by molar-refractivity contribution is 7.98. The standard InChI is InChI=1S/C19H18N4O2S/c1-3-23-18(15-8-5-4-7-13(15)2)20-21-19(23)26-12-14-11-17(25-22-14)16-9-6-10-24-16/h4-11H,3,12H2,1-2H3. The Balaban J connectivity index is 1.53. The number of furan rings is 1. The van der Waals surface area contributed by atoms with Crippen molar-refractivity contribution in [2.45, 2.75) is 31.3 Å². The van der Waals surface area contributed by atoms with Crippen LogP contribution in [-0.2, 0) is 12.3 Å². The molecule has 0 amide bonds. The van der Waals surface area contributed by atoms with Crippen molar-refractivity contribution in [3.63, 3.8) is 0 Å². The zero-order valence-electron chi connectivity index (χ0n) is 14.5. The van der Waals surface area contributed by atoms with Crippen LogP contribution in [0.2, 0.25) is 0 Å². The highest BCUT2D eigenvalue weighted by Crippen LogP contribution is 2.29. The number of nitrogens with zero attached hydrogens (tertiary/aromatic N) is 4. The van der Waals surface area contributed by atoms with Crippen molar-refractivity contribution >= 4 is 11.8 Å². The van der Waals surface area contributed by atoms with E-state index in [0.717, 1.165) is 28.8 Å². The molecule has 132 valence electrons. The maximum atomic E-state index is 5.34. The van der Waals surface area contributed by atoms with Crippen molar-refractivity contribution < 1.29 is 8.94 Å². The molecule has 26 heavy (non-hydrogen) atoms. The van der Waals surface area contributed by atoms with Gasteiger partial charge < -0.3 is 13.5 Å². The van der Waals surface area contributed by atoms with Crippen molar-refractivity contribution in [3.8, 4) is 22.9 Å². The fourth-order valence-electron chi connectivity index (χ4n) is 2.76. The van der Waals surface area contributed by atoms with Gasteiger partial charge in [0.15, 0.2) is 16.7 Å². The molecule has 0 aliphatic carbocycles. The SMILES string of the molecule is CCn1c(SCc2cc(-c3ccco3)on2)nnc1-c1ccccc1C. The van der Waals surface area contributed by atoms with Gasteiger partial charge in [0, 0.05) is 23.9 Å². The van der Waals surface area contributed by atoms with Gasteiger partial charge in [-0.2, -0.15) is 0 Å². The number of benzene rings is 1. The molecule has 6 nitrogen and oxygen atoms in total. The Labute approximate surface area is 155 Å². The minimum absolute atomic E-state index is 0.628. The second-order valence-electron chi connectivity index (χ2n) is 5.81. The third-order valence-corrected chi connectivity index (χ3v) is 5.09. The van der Waals surface area contributed by atoms with Gasteiger partial charge in [0.25, 0.3) is 0 Å². The molecule has 0 bridgehead atoms. The first-order valence-corrected chi connectivity index (χ1v) is 9.36. The average Bonchev–Trinajstić information content (AvgIpc) is 3.39. The van der Waals surface area contributed by atoms with Gasteiger partial charge in [-0.1, -0.05) is 41.2 Å². The van der Waals surface area contributed by atoms with Crippen LogP contribution in [0, 0.1) is 6.92 Å². The maximum absolute atomic E-state index is 5.34. The van der Waals surface area contributed by atoms with Gasteiger partial charge in [0.2, 0.25) is 5.76 Å². The molecule has 0 saturated carbocycles. The predicted molar refractivity (Wildman–Crippen MR) is 99.6 cm³/mol. The van der Waals surface area contributed by atoms with Gasteiger partial charge in [-0.3, -0.25) is 0 Å². The van der Waals surface area contributed by atoms with E-state index in [-0.39, 0.29) is 0 Å². The zero-order chi connectivity index (χ0) is 17.9. The molecule has 0 N–H and O–H groups in total. The number of aromatic nitrogens is 4. The second kappa shape index (κ2) is 7.21. The Morgan fingerprint density at radius 3 is 2.73 bits per heavy atom. The molecule has 0 aliphatic rings. The quantitative estimate of drug-likeness (QED) is 0.456. The van der Waals surface area contributed by atoms with Crippen molar-refractivity contribution in [1.29, 1.82) is 0 Å². The van der Waals surface area contributed by atoms with E-state index in [1.807, 2.05) is 30.3 Å². The molecule has 1 aromatic carbocycles. The smallest absolute Gasteiger partial charge is 0.202 e. The van der Waals surface area contributed by atoms with Crippen LogP contribution in [0.1, 0.15) is 18.2 Å². The number of rotatable bonds is 6. The molecule has 0 atom stereocenters. The highest BCUT2D eigenvalue weighted by Gasteiger charge is 2.16. The van der Waals surface area contributed by atoms with Crippen LogP contribution < -0.4 is 0 Å². The summed E-state index contributed by atoms with van der Waals surface area (Å²) < 4.78 is 12.8. The largest absolute Gasteiger partial charge is 0.461 e. The van der Waals surface area contributed by atoms with Crippen LogP contribution >= 0.6 is 11.8 Å². The summed E-state index contributed by atoms with van der Waals surface area (Å²) in [5.74, 6) is 2.84. The Morgan fingerprint density at radius 2 is 1.96 bits per heavy atom. The molecule has 4 rings (SSSR count). The van der Waals surface area contributed by atoms with E-state index in [0.29, 0.717) is 17.3 Å². The highest BCUT2D eigenvalue weighted by atomic mass is 32.2. The molecule has 4 aromatic rings. The molecule has 0 saturated heterocycles. The van der Waals surface area contributed by atoms with Crippen molar-refractivity contribution in [1.82, 2.24) is 19.9 Å². The summed E-state index contributed by atoms with van der Waals surface area (Å²) >= 11 is 1.59. The third-order valence-electron chi connectivity index (χ3n) is 4.09. The van der Waals surface area contributed by atoms with E-state index in [2.05, 4.69) is 45.9 Å². The first-order chi connectivity index (χ1) is 12.8. The second-order valence-corrected chi connectivity index (χ2v) is 6.76. The molecule has 7 heteroatoms. The lowest BCUT2D eigenvalue weighted by atomic mass is 10.1. The summed E-state index contributed by atoms with van der Waals surface area (Å²) in [6.45, 7) is 4.98. The Kier molecular flexibility index (Phi) is 4.62. The van der Waals surface area contributed by atoms with Crippen LogP contribution in [0.5, 0.6) is 0 Å². The fourth-order valence-corrected chi connectivity index (χ4v) is 3.64. The van der Waals surface area contributed by atoms with Gasteiger partial charge in [0.1, 0.15) is 0 Å². The molecule has 3 aromatic heterocycles. The minimum Gasteiger partial charge on any atom is -0.461 e. The molecule has 0 radical (unpaired) electrons. The van der Waals surface area contributed by atoms with E-state index in [1.54, 1.807) is 18.0 Å². The number of hydrogen-bond acceptors (Lipinski definition) is 6. The summed E-state index contributed by atoms with van der Waals surface area (Å²) in [5, 5.41) is 13.8. The van der Waals surface area contributed by atoms with E-state index in [4.69, 9.17) is 8.94 Å². The minimum atomic E-state index is 0.628. The molecular formula is C19H18N4O2S. The zero-order valence-corrected chi connectivity index (χ0v) is 15.4. The van der Waals surface area contributed by atoms with E-state index >= 15 is 0 Å². The van der Waals surface area contributed by atoms with Crippen LogP contribution in [0.3, 0.4) is 0 Å². The van der Waals surface area contributed by atoms with Crippen LogP contribution in [0.25, 0.3) is 22.9 Å². The van der Waals surface area contributed by atoms with E-state index in [1.165, 1.54) is 5.56 Å². The number of aryl methyl sites for hydroxylation is 1. The first-order valence-electron chi connectivity index (χ1n) is 8.37. The Hall–Kier alpha value is -2.80. The normalized spacial score (nSPS) is 11.2. The van der Waals surface area contributed by atoms with Gasteiger partial charge in [-0.25, -0.2) is 0 Å². The predicted octanol–water partition coefficient (Wildman–Crippen LogP) is 4.81. The number of thioether (sulfide) groups is 1. The summed E-state index contributed by atoms with van der Waals surface area (Å²) in [4.78, 5) is 0. The lowest BCUT2D eigenvalue weighted by Crippen LogP contribution is -2.00. The molecular weight excluding hydrogens is 348 g/mol. The van der Waals surface area contributed by atoms with Gasteiger partial charge in [0.05, 0.1) is 12.0 Å². The molecule has 0 fully saturated rings. The van der Waals surface area contributed by atoms with Crippen molar-refractivity contribution in [2.75, 3.05) is 0 Å². The van der Waals surface area contributed by atoms with Crippen LogP contribution in [-0.4, -0.2) is 19.9 Å². The lowest BCUT2D eigenvalue weighted by molar-refractivity contribution is 0.413. The number of hydrogen-bond donors (Lipinski definition) is 0. The van der Waals surface area contributed by atoms with Gasteiger partial charge >= 0.3 is 0 Å². The fraction of sp³-hybridized carbons (Fsp3) is 0.211. The third kappa shape index (κ3) is 3.17. The van der Waals surface area contributed by atoms with E-state index < -0.39 is 0 Å². The molecule has 0 spiro atoms. The topological polar surface area (TPSA) is 69.9 Å². The Morgan fingerprint density at radius 1 is 1.08 bits per heavy atom. The van der Waals surface area contributed by atoms with Crippen molar-refractivity contribution in [3.05, 3.63) is 60.0 Å². The molecule has 0 unspecified atom stereocenters. The lowest BCUT2D eigenvalue weighted by Gasteiger charge is -2.08. The van der Waals surface area contributed by atoms with E-state index in [9.17, 15) is 0 Å². The molecule has 0 aliphatic heterocycles.